The van der Waals surface area contributed by atoms with Crippen LogP contribution in [0.1, 0.15) is 32.1 Å². The minimum Gasteiger partial charge on any atom is -0.353 e. The molecule has 0 aliphatic heterocycles. The summed E-state index contributed by atoms with van der Waals surface area (Å²) in [6, 6.07) is 4.55. The molecule has 3 rings (SSSR count). The molecule has 0 amide bonds. The fourth-order valence-corrected chi connectivity index (χ4v) is 2.54. The summed E-state index contributed by atoms with van der Waals surface area (Å²) in [6.07, 6.45) is 14.0. The van der Waals surface area contributed by atoms with Crippen molar-refractivity contribution in [2.75, 3.05) is 5.32 Å². The van der Waals surface area contributed by atoms with Crippen molar-refractivity contribution in [1.82, 2.24) is 14.5 Å². The highest BCUT2D eigenvalue weighted by Gasteiger charge is 2.15. The number of hydrogen-bond donors (Lipinski definition) is 1. The van der Waals surface area contributed by atoms with Crippen LogP contribution >= 0.6 is 0 Å². The zero-order valence-electron chi connectivity index (χ0n) is 10.4. The maximum Gasteiger partial charge on any atom is 0.207 e. The molecule has 1 aliphatic carbocycles. The smallest absolute Gasteiger partial charge is 0.207 e. The van der Waals surface area contributed by atoms with Gasteiger partial charge in [-0.05, 0) is 25.0 Å². The average molecular weight is 242 g/mol. The molecule has 1 saturated carbocycles. The van der Waals surface area contributed by atoms with E-state index in [-0.39, 0.29) is 0 Å². The third kappa shape index (κ3) is 2.37. The van der Waals surface area contributed by atoms with Gasteiger partial charge in [-0.25, -0.2) is 4.98 Å². The number of pyridine rings is 1. The topological polar surface area (TPSA) is 42.7 Å². The number of anilines is 1. The summed E-state index contributed by atoms with van der Waals surface area (Å²) in [6.45, 7) is 0. The number of hydrogen-bond acceptors (Lipinski definition) is 3. The minimum absolute atomic E-state index is 0.566. The fraction of sp³-hybridized carbons (Fsp3) is 0.429. The van der Waals surface area contributed by atoms with Crippen LogP contribution < -0.4 is 5.32 Å². The number of rotatable bonds is 3. The lowest BCUT2D eigenvalue weighted by molar-refractivity contribution is 0.460. The van der Waals surface area contributed by atoms with Gasteiger partial charge in [0.25, 0.3) is 0 Å². The van der Waals surface area contributed by atoms with E-state index in [4.69, 9.17) is 0 Å². The van der Waals surface area contributed by atoms with Crippen molar-refractivity contribution in [2.45, 2.75) is 38.1 Å². The minimum atomic E-state index is 0.566. The van der Waals surface area contributed by atoms with Gasteiger partial charge < -0.3 is 5.32 Å². The lowest BCUT2D eigenvalue weighted by Crippen LogP contribution is -2.24. The van der Waals surface area contributed by atoms with Crippen LogP contribution in [-0.2, 0) is 0 Å². The van der Waals surface area contributed by atoms with Crippen LogP contribution in [0.2, 0.25) is 0 Å². The van der Waals surface area contributed by atoms with Crippen LogP contribution in [0.25, 0.3) is 5.69 Å². The molecule has 0 atom stereocenters. The number of nitrogens with one attached hydrogen (secondary N) is 1. The first-order valence-electron chi connectivity index (χ1n) is 6.64. The second kappa shape index (κ2) is 5.21. The summed E-state index contributed by atoms with van der Waals surface area (Å²) in [5, 5.41) is 3.55. The SMILES string of the molecule is c1cncc(-n2ccnc2NC2CCCCC2)c1. The molecule has 2 heterocycles. The second-order valence-corrected chi connectivity index (χ2v) is 4.81. The number of nitrogens with zero attached hydrogens (tertiary/aromatic N) is 3. The molecule has 0 aromatic carbocycles. The van der Waals surface area contributed by atoms with E-state index in [1.807, 2.05) is 30.7 Å². The standard InChI is InChI=1S/C14H18N4/c1-2-5-12(6-3-1)17-14-16-9-10-18(14)13-7-4-8-15-11-13/h4,7-12H,1-3,5-6H2,(H,16,17). The van der Waals surface area contributed by atoms with Crippen molar-refractivity contribution in [1.29, 1.82) is 0 Å². The van der Waals surface area contributed by atoms with Gasteiger partial charge in [0.1, 0.15) is 0 Å². The first kappa shape index (κ1) is 11.3. The molecule has 0 saturated heterocycles. The van der Waals surface area contributed by atoms with E-state index in [0.717, 1.165) is 11.6 Å². The summed E-state index contributed by atoms with van der Waals surface area (Å²) < 4.78 is 2.06. The van der Waals surface area contributed by atoms with Gasteiger partial charge >= 0.3 is 0 Å². The molecule has 1 fully saturated rings. The van der Waals surface area contributed by atoms with Crippen LogP contribution in [0, 0.1) is 0 Å². The van der Waals surface area contributed by atoms with Gasteiger partial charge in [0.15, 0.2) is 0 Å². The van der Waals surface area contributed by atoms with Gasteiger partial charge in [0.05, 0.1) is 11.9 Å². The van der Waals surface area contributed by atoms with E-state index in [1.54, 1.807) is 6.20 Å². The second-order valence-electron chi connectivity index (χ2n) is 4.81. The molecule has 2 aromatic heterocycles. The highest BCUT2D eigenvalue weighted by atomic mass is 15.2. The Balaban J connectivity index is 1.79. The Hall–Kier alpha value is -1.84. The van der Waals surface area contributed by atoms with Crippen molar-refractivity contribution in [3.63, 3.8) is 0 Å². The molecule has 0 bridgehead atoms. The first-order valence-corrected chi connectivity index (χ1v) is 6.64. The Morgan fingerprint density at radius 2 is 2.06 bits per heavy atom. The third-order valence-corrected chi connectivity index (χ3v) is 3.50. The predicted octanol–water partition coefficient (Wildman–Crippen LogP) is 3.01. The van der Waals surface area contributed by atoms with Gasteiger partial charge in [-0.1, -0.05) is 19.3 Å². The van der Waals surface area contributed by atoms with Crippen LogP contribution in [0.3, 0.4) is 0 Å². The maximum atomic E-state index is 4.41. The van der Waals surface area contributed by atoms with E-state index in [0.29, 0.717) is 6.04 Å². The molecule has 0 spiro atoms. The molecule has 94 valence electrons. The van der Waals surface area contributed by atoms with Gasteiger partial charge in [-0.15, -0.1) is 0 Å². The zero-order valence-corrected chi connectivity index (χ0v) is 10.4. The van der Waals surface area contributed by atoms with Crippen molar-refractivity contribution < 1.29 is 0 Å². The largest absolute Gasteiger partial charge is 0.353 e. The quantitative estimate of drug-likeness (QED) is 0.899. The molecule has 4 nitrogen and oxygen atoms in total. The van der Waals surface area contributed by atoms with E-state index < -0.39 is 0 Å². The predicted molar refractivity (Wildman–Crippen MR) is 71.9 cm³/mol. The van der Waals surface area contributed by atoms with Crippen molar-refractivity contribution in [3.05, 3.63) is 36.9 Å². The first-order chi connectivity index (χ1) is 8.93. The number of imidazole rings is 1. The van der Waals surface area contributed by atoms with E-state index in [2.05, 4.69) is 19.9 Å². The summed E-state index contributed by atoms with van der Waals surface area (Å²) in [4.78, 5) is 8.56. The highest BCUT2D eigenvalue weighted by molar-refractivity contribution is 5.40. The van der Waals surface area contributed by atoms with Crippen molar-refractivity contribution in [2.24, 2.45) is 0 Å². The molecule has 18 heavy (non-hydrogen) atoms. The summed E-state index contributed by atoms with van der Waals surface area (Å²) in [5.74, 6) is 0.926. The molecule has 0 radical (unpaired) electrons. The molecule has 4 heteroatoms. The number of aromatic nitrogens is 3. The Kier molecular flexibility index (Phi) is 3.26. The van der Waals surface area contributed by atoms with Crippen LogP contribution in [0.5, 0.6) is 0 Å². The van der Waals surface area contributed by atoms with Crippen LogP contribution in [0.4, 0.5) is 5.95 Å². The lowest BCUT2D eigenvalue weighted by atomic mass is 9.96. The zero-order chi connectivity index (χ0) is 12.2. The van der Waals surface area contributed by atoms with Gasteiger partial charge in [-0.3, -0.25) is 9.55 Å². The molecule has 0 unspecified atom stereocenters. The lowest BCUT2D eigenvalue weighted by Gasteiger charge is -2.23. The summed E-state index contributed by atoms with van der Waals surface area (Å²) in [7, 11) is 0. The monoisotopic (exact) mass is 242 g/mol. The van der Waals surface area contributed by atoms with Crippen molar-refractivity contribution in [3.8, 4) is 5.69 Å². The van der Waals surface area contributed by atoms with Crippen molar-refractivity contribution >= 4 is 5.95 Å². The molecular formula is C14H18N4. The summed E-state index contributed by atoms with van der Waals surface area (Å²) in [5.41, 5.74) is 1.05. The Labute approximate surface area is 107 Å². The highest BCUT2D eigenvalue weighted by Crippen LogP contribution is 2.22. The Morgan fingerprint density at radius 3 is 2.83 bits per heavy atom. The van der Waals surface area contributed by atoms with E-state index in [1.165, 1.54) is 32.1 Å². The maximum absolute atomic E-state index is 4.41. The molecular weight excluding hydrogens is 224 g/mol. The average Bonchev–Trinajstić information content (AvgIpc) is 2.89. The van der Waals surface area contributed by atoms with Gasteiger partial charge in [0, 0.05) is 24.6 Å². The Bertz CT molecular complexity index is 486. The Morgan fingerprint density at radius 1 is 1.17 bits per heavy atom. The van der Waals surface area contributed by atoms with E-state index in [9.17, 15) is 0 Å². The third-order valence-electron chi connectivity index (χ3n) is 3.50. The summed E-state index contributed by atoms with van der Waals surface area (Å²) >= 11 is 0. The molecule has 1 aliphatic rings. The molecule has 1 N–H and O–H groups in total. The van der Waals surface area contributed by atoms with Gasteiger partial charge in [-0.2, -0.15) is 0 Å². The normalized spacial score (nSPS) is 16.7. The van der Waals surface area contributed by atoms with Gasteiger partial charge in [0.2, 0.25) is 5.95 Å². The van der Waals surface area contributed by atoms with Crippen LogP contribution in [0.15, 0.2) is 36.9 Å². The fourth-order valence-electron chi connectivity index (χ4n) is 2.54. The molecule has 2 aromatic rings. The van der Waals surface area contributed by atoms with E-state index >= 15 is 0 Å². The van der Waals surface area contributed by atoms with Crippen LogP contribution in [-0.4, -0.2) is 20.6 Å².